The number of piperidine rings is 1. The number of aromatic nitrogens is 1. The number of fused-ring (bicyclic) bond motifs is 3. The molecule has 0 saturated carbocycles. The van der Waals surface area contributed by atoms with Crippen molar-refractivity contribution in [3.05, 3.63) is 70.4 Å². The van der Waals surface area contributed by atoms with Gasteiger partial charge in [-0.2, -0.15) is 0 Å². The number of ether oxygens (including phenoxy) is 2. The van der Waals surface area contributed by atoms with Crippen LogP contribution in [0.4, 0.5) is 0 Å². The summed E-state index contributed by atoms with van der Waals surface area (Å²) in [6, 6.07) is 14.3. The van der Waals surface area contributed by atoms with Crippen molar-refractivity contribution in [1.29, 1.82) is 0 Å². The van der Waals surface area contributed by atoms with Crippen LogP contribution >= 0.6 is 11.6 Å². The molecule has 4 heterocycles. The number of amides is 1. The van der Waals surface area contributed by atoms with Gasteiger partial charge in [-0.1, -0.05) is 41.9 Å². The van der Waals surface area contributed by atoms with Gasteiger partial charge >= 0.3 is 0 Å². The predicted octanol–water partition coefficient (Wildman–Crippen LogP) is 4.29. The maximum atomic E-state index is 13.7. The van der Waals surface area contributed by atoms with Crippen LogP contribution in [0.15, 0.2) is 48.7 Å². The highest BCUT2D eigenvalue weighted by molar-refractivity contribution is 6.31. The van der Waals surface area contributed by atoms with Crippen LogP contribution in [-0.4, -0.2) is 66.2 Å². The fourth-order valence-corrected chi connectivity index (χ4v) is 5.90. The lowest BCUT2D eigenvalue weighted by Crippen LogP contribution is -2.45. The molecule has 178 valence electrons. The molecule has 2 fully saturated rings. The smallest absolute Gasteiger partial charge is 0.256 e. The molecule has 2 aromatic carbocycles. The Hall–Kier alpha value is -2.38. The van der Waals surface area contributed by atoms with E-state index in [-0.39, 0.29) is 11.5 Å². The highest BCUT2D eigenvalue weighted by Crippen LogP contribution is 2.44. The highest BCUT2D eigenvalue weighted by atomic mass is 35.5. The number of rotatable bonds is 4. The van der Waals surface area contributed by atoms with Gasteiger partial charge in [-0.05, 0) is 36.1 Å². The van der Waals surface area contributed by atoms with Gasteiger partial charge in [0, 0.05) is 55.9 Å². The van der Waals surface area contributed by atoms with Gasteiger partial charge in [0.1, 0.15) is 0 Å². The van der Waals surface area contributed by atoms with Gasteiger partial charge in [-0.15, -0.1) is 0 Å². The van der Waals surface area contributed by atoms with Crippen molar-refractivity contribution in [2.24, 2.45) is 0 Å². The Morgan fingerprint density at radius 3 is 2.62 bits per heavy atom. The molecule has 1 spiro atoms. The predicted molar refractivity (Wildman–Crippen MR) is 132 cm³/mol. The lowest BCUT2D eigenvalue weighted by molar-refractivity contribution is -0.0741. The van der Waals surface area contributed by atoms with Crippen LogP contribution in [0.25, 0.3) is 10.9 Å². The summed E-state index contributed by atoms with van der Waals surface area (Å²) in [6.45, 7) is 7.27. The molecule has 0 N–H and O–H groups in total. The van der Waals surface area contributed by atoms with Crippen molar-refractivity contribution >= 4 is 28.4 Å². The van der Waals surface area contributed by atoms with Crippen LogP contribution < -0.4 is 0 Å². The number of nitrogens with zero attached hydrogens (tertiary/aromatic N) is 3. The van der Waals surface area contributed by atoms with E-state index in [1.54, 1.807) is 0 Å². The molecule has 6 rings (SSSR count). The molecule has 0 bridgehead atoms. The molecule has 0 aliphatic carbocycles. The molecule has 3 aliphatic rings. The van der Waals surface area contributed by atoms with E-state index in [9.17, 15) is 4.79 Å². The SMILES string of the molecule is O=C(c1cn(CCN2CCOCC2)c2cc(Cl)ccc12)N1CCC2(CC1)OCc1ccccc12. The summed E-state index contributed by atoms with van der Waals surface area (Å²) in [5.41, 5.74) is 4.12. The van der Waals surface area contributed by atoms with Crippen molar-refractivity contribution in [1.82, 2.24) is 14.4 Å². The topological polar surface area (TPSA) is 46.9 Å². The van der Waals surface area contributed by atoms with E-state index in [0.29, 0.717) is 24.7 Å². The molecule has 7 heteroatoms. The minimum Gasteiger partial charge on any atom is -0.379 e. The van der Waals surface area contributed by atoms with E-state index < -0.39 is 0 Å². The van der Waals surface area contributed by atoms with Gasteiger partial charge in [0.25, 0.3) is 5.91 Å². The lowest BCUT2D eigenvalue weighted by Gasteiger charge is -2.39. The summed E-state index contributed by atoms with van der Waals surface area (Å²) in [4.78, 5) is 18.1. The van der Waals surface area contributed by atoms with Gasteiger partial charge in [-0.25, -0.2) is 0 Å². The molecule has 2 saturated heterocycles. The van der Waals surface area contributed by atoms with Gasteiger partial charge in [0.05, 0.1) is 36.5 Å². The fourth-order valence-electron chi connectivity index (χ4n) is 5.73. The van der Waals surface area contributed by atoms with E-state index in [1.807, 2.05) is 29.3 Å². The average Bonchev–Trinajstić information content (AvgIpc) is 3.42. The molecule has 6 nitrogen and oxygen atoms in total. The van der Waals surface area contributed by atoms with Crippen LogP contribution in [0.1, 0.15) is 34.3 Å². The number of hydrogen-bond donors (Lipinski definition) is 0. The van der Waals surface area contributed by atoms with E-state index >= 15 is 0 Å². The first kappa shape index (κ1) is 22.1. The van der Waals surface area contributed by atoms with Crippen LogP contribution in [0.5, 0.6) is 0 Å². The first-order chi connectivity index (χ1) is 16.6. The molecule has 3 aliphatic heterocycles. The van der Waals surface area contributed by atoms with Gasteiger partial charge < -0.3 is 18.9 Å². The second-order valence-electron chi connectivity index (χ2n) is 9.58. The summed E-state index contributed by atoms with van der Waals surface area (Å²) in [6.07, 6.45) is 3.68. The third kappa shape index (κ3) is 3.93. The van der Waals surface area contributed by atoms with Crippen molar-refractivity contribution in [2.75, 3.05) is 45.9 Å². The van der Waals surface area contributed by atoms with Crippen LogP contribution in [0.3, 0.4) is 0 Å². The number of carbonyl (C=O) groups is 1. The Morgan fingerprint density at radius 1 is 1.00 bits per heavy atom. The van der Waals surface area contributed by atoms with E-state index in [4.69, 9.17) is 21.1 Å². The monoisotopic (exact) mass is 479 g/mol. The van der Waals surface area contributed by atoms with E-state index in [2.05, 4.69) is 33.7 Å². The van der Waals surface area contributed by atoms with Crippen molar-refractivity contribution < 1.29 is 14.3 Å². The zero-order valence-corrected chi connectivity index (χ0v) is 20.1. The van der Waals surface area contributed by atoms with Crippen molar-refractivity contribution in [3.8, 4) is 0 Å². The minimum atomic E-state index is -0.243. The first-order valence-corrected chi connectivity index (χ1v) is 12.6. The number of halogens is 1. The number of carbonyl (C=O) groups excluding carboxylic acids is 1. The Morgan fingerprint density at radius 2 is 1.79 bits per heavy atom. The summed E-state index contributed by atoms with van der Waals surface area (Å²) >= 11 is 6.34. The molecule has 0 radical (unpaired) electrons. The first-order valence-electron chi connectivity index (χ1n) is 12.2. The zero-order valence-electron chi connectivity index (χ0n) is 19.3. The maximum Gasteiger partial charge on any atom is 0.256 e. The Kier molecular flexibility index (Phi) is 5.86. The highest BCUT2D eigenvalue weighted by Gasteiger charge is 2.43. The molecular weight excluding hydrogens is 450 g/mol. The molecule has 34 heavy (non-hydrogen) atoms. The van der Waals surface area contributed by atoms with Gasteiger partial charge in [-0.3, -0.25) is 9.69 Å². The second kappa shape index (κ2) is 9.00. The van der Waals surface area contributed by atoms with Crippen LogP contribution in [0, 0.1) is 0 Å². The number of morpholine rings is 1. The van der Waals surface area contributed by atoms with Crippen LogP contribution in [-0.2, 0) is 28.2 Å². The number of hydrogen-bond acceptors (Lipinski definition) is 4. The van der Waals surface area contributed by atoms with E-state index in [0.717, 1.165) is 68.7 Å². The maximum absolute atomic E-state index is 13.7. The summed E-state index contributed by atoms with van der Waals surface area (Å²) in [7, 11) is 0. The quantitative estimate of drug-likeness (QED) is 0.560. The fraction of sp³-hybridized carbons (Fsp3) is 0.444. The Bertz CT molecular complexity index is 1210. The molecular formula is C27H30ClN3O3. The molecule has 1 amide bonds. The Labute approximate surface area is 205 Å². The van der Waals surface area contributed by atoms with Crippen molar-refractivity contribution in [3.63, 3.8) is 0 Å². The summed E-state index contributed by atoms with van der Waals surface area (Å²) in [5.74, 6) is 0.0959. The third-order valence-electron chi connectivity index (χ3n) is 7.71. The minimum absolute atomic E-state index is 0.0959. The standard InChI is InChI=1S/C27H30ClN3O3/c28-21-5-6-22-23(18-31(25(22)17-21)12-11-29-13-15-33-16-14-29)26(32)30-9-7-27(8-10-30)24-4-2-1-3-20(24)19-34-27/h1-6,17-18H,7-16,19H2. The largest absolute Gasteiger partial charge is 0.379 e. The number of likely N-dealkylation sites (tertiary alicyclic amines) is 1. The zero-order chi connectivity index (χ0) is 23.1. The molecule has 0 unspecified atom stereocenters. The van der Waals surface area contributed by atoms with Gasteiger partial charge in [0.15, 0.2) is 0 Å². The number of benzene rings is 2. The van der Waals surface area contributed by atoms with E-state index in [1.165, 1.54) is 11.1 Å². The summed E-state index contributed by atoms with van der Waals surface area (Å²) in [5, 5.41) is 1.66. The van der Waals surface area contributed by atoms with Crippen molar-refractivity contribution in [2.45, 2.75) is 31.6 Å². The average molecular weight is 480 g/mol. The van der Waals surface area contributed by atoms with Gasteiger partial charge in [0.2, 0.25) is 0 Å². The lowest BCUT2D eigenvalue weighted by atomic mass is 9.83. The molecule has 1 aromatic heterocycles. The molecule has 3 aromatic rings. The molecule has 0 atom stereocenters. The normalized spacial score (nSPS) is 20.2. The Balaban J connectivity index is 1.21. The third-order valence-corrected chi connectivity index (χ3v) is 7.94. The second-order valence-corrected chi connectivity index (χ2v) is 10.0. The van der Waals surface area contributed by atoms with Crippen LogP contribution in [0.2, 0.25) is 5.02 Å². The summed E-state index contributed by atoms with van der Waals surface area (Å²) < 4.78 is 13.9.